The van der Waals surface area contributed by atoms with Gasteiger partial charge >= 0.3 is 0 Å². The van der Waals surface area contributed by atoms with Gasteiger partial charge in [0.2, 0.25) is 12.1 Å². The maximum absolute atomic E-state index is 5.57. The van der Waals surface area contributed by atoms with E-state index < -0.39 is 11.9 Å². The lowest BCUT2D eigenvalue weighted by Gasteiger charge is -2.25. The Morgan fingerprint density at radius 3 is 2.11 bits per heavy atom. The summed E-state index contributed by atoms with van der Waals surface area (Å²) >= 11 is 0. The van der Waals surface area contributed by atoms with Gasteiger partial charge in [-0.05, 0) is 26.7 Å². The summed E-state index contributed by atoms with van der Waals surface area (Å²) in [7, 11) is 1.66. The summed E-state index contributed by atoms with van der Waals surface area (Å²) in [6, 6.07) is 0. The van der Waals surface area contributed by atoms with Crippen molar-refractivity contribution >= 4 is 0 Å². The van der Waals surface area contributed by atoms with E-state index in [1.165, 1.54) is 0 Å². The number of nitrogens with zero attached hydrogens (tertiary/aromatic N) is 2. The summed E-state index contributed by atoms with van der Waals surface area (Å²) in [5.41, 5.74) is -0.509. The molecule has 0 spiro atoms. The van der Waals surface area contributed by atoms with E-state index in [0.717, 1.165) is 12.8 Å². The molecule has 110 valence electrons. The minimum atomic E-state index is -0.612. The average molecular weight is 272 g/mol. The minimum absolute atomic E-state index is 0.335. The largest absolute Gasteiger partial charge is 0.370 e. The fourth-order valence-corrected chi connectivity index (χ4v) is 1.96. The molecule has 0 bridgehead atoms. The van der Waals surface area contributed by atoms with Gasteiger partial charge in [-0.1, -0.05) is 19.0 Å². The molecule has 1 rings (SSSR count). The zero-order chi connectivity index (χ0) is 14.3. The average Bonchev–Trinajstić information content (AvgIpc) is 2.91. The first kappa shape index (κ1) is 16.1. The molecule has 1 aromatic rings. The van der Waals surface area contributed by atoms with Crippen molar-refractivity contribution in [3.63, 3.8) is 0 Å². The number of hydrogen-bond donors (Lipinski definition) is 0. The standard InChI is InChI=1S/C13H24N2O4/c1-6-13(7-2,16-5)12-14-10(19-15-12)11(17-8-3)18-9-4/h11H,6-9H2,1-5H3. The molecule has 0 amide bonds. The van der Waals surface area contributed by atoms with Crippen molar-refractivity contribution in [1.29, 1.82) is 0 Å². The van der Waals surface area contributed by atoms with E-state index in [1.54, 1.807) is 7.11 Å². The van der Waals surface area contributed by atoms with Crippen molar-refractivity contribution < 1.29 is 18.7 Å². The quantitative estimate of drug-likeness (QED) is 0.644. The fraction of sp³-hybridized carbons (Fsp3) is 0.846. The van der Waals surface area contributed by atoms with Crippen molar-refractivity contribution in [3.8, 4) is 0 Å². The Hall–Kier alpha value is -0.980. The summed E-state index contributed by atoms with van der Waals surface area (Å²) in [5.74, 6) is 0.876. The highest BCUT2D eigenvalue weighted by atomic mass is 16.7. The first-order valence-corrected chi connectivity index (χ1v) is 6.79. The molecule has 1 aromatic heterocycles. The van der Waals surface area contributed by atoms with Crippen LogP contribution < -0.4 is 0 Å². The van der Waals surface area contributed by atoms with Crippen molar-refractivity contribution in [2.45, 2.75) is 52.4 Å². The van der Waals surface area contributed by atoms with Gasteiger partial charge in [0.1, 0.15) is 5.60 Å². The minimum Gasteiger partial charge on any atom is -0.370 e. The SMILES string of the molecule is CCOC(OCC)c1nc(C(CC)(CC)OC)no1. The molecule has 0 fully saturated rings. The molecule has 0 N–H and O–H groups in total. The van der Waals surface area contributed by atoms with Gasteiger partial charge in [0, 0.05) is 20.3 Å². The summed E-state index contributed by atoms with van der Waals surface area (Å²) in [4.78, 5) is 4.38. The van der Waals surface area contributed by atoms with Crippen LogP contribution in [0.15, 0.2) is 4.52 Å². The van der Waals surface area contributed by atoms with Gasteiger partial charge < -0.3 is 18.7 Å². The Morgan fingerprint density at radius 1 is 1.11 bits per heavy atom. The van der Waals surface area contributed by atoms with Crippen LogP contribution in [0.25, 0.3) is 0 Å². The topological polar surface area (TPSA) is 66.6 Å². The summed E-state index contributed by atoms with van der Waals surface area (Å²) in [6.45, 7) is 8.87. The Balaban J connectivity index is 2.96. The molecule has 6 nitrogen and oxygen atoms in total. The molecule has 0 saturated carbocycles. The molecule has 0 aromatic carbocycles. The highest BCUT2D eigenvalue weighted by Crippen LogP contribution is 2.31. The maximum atomic E-state index is 5.57. The molecule has 0 unspecified atom stereocenters. The molecule has 6 heteroatoms. The number of ether oxygens (including phenoxy) is 3. The second-order valence-electron chi connectivity index (χ2n) is 4.10. The second kappa shape index (κ2) is 7.57. The second-order valence-corrected chi connectivity index (χ2v) is 4.10. The molecule has 0 aliphatic heterocycles. The lowest BCUT2D eigenvalue weighted by molar-refractivity contribution is -0.155. The molecular weight excluding hydrogens is 248 g/mol. The Bertz CT molecular complexity index is 349. The molecule has 0 atom stereocenters. The van der Waals surface area contributed by atoms with E-state index in [2.05, 4.69) is 10.1 Å². The van der Waals surface area contributed by atoms with Crippen molar-refractivity contribution in [1.82, 2.24) is 10.1 Å². The van der Waals surface area contributed by atoms with Crippen LogP contribution in [0.5, 0.6) is 0 Å². The van der Waals surface area contributed by atoms with Crippen LogP contribution in [0.1, 0.15) is 58.5 Å². The molecule has 0 saturated heterocycles. The number of hydrogen-bond acceptors (Lipinski definition) is 6. The van der Waals surface area contributed by atoms with Gasteiger partial charge in [0.15, 0.2) is 0 Å². The van der Waals surface area contributed by atoms with Gasteiger partial charge in [-0.2, -0.15) is 4.98 Å². The molecule has 19 heavy (non-hydrogen) atoms. The van der Waals surface area contributed by atoms with Gasteiger partial charge in [0.25, 0.3) is 5.89 Å². The van der Waals surface area contributed by atoms with E-state index >= 15 is 0 Å². The third kappa shape index (κ3) is 3.52. The first-order chi connectivity index (χ1) is 9.17. The van der Waals surface area contributed by atoms with Gasteiger partial charge in [0.05, 0.1) is 0 Å². The normalized spacial score (nSPS) is 12.3. The lowest BCUT2D eigenvalue weighted by atomic mass is 9.96. The predicted molar refractivity (Wildman–Crippen MR) is 69.6 cm³/mol. The van der Waals surface area contributed by atoms with Gasteiger partial charge in [-0.25, -0.2) is 0 Å². The van der Waals surface area contributed by atoms with Crippen LogP contribution in [0.4, 0.5) is 0 Å². The molecule has 0 radical (unpaired) electrons. The van der Waals surface area contributed by atoms with E-state index in [0.29, 0.717) is 24.9 Å². The van der Waals surface area contributed by atoms with Crippen molar-refractivity contribution in [2.24, 2.45) is 0 Å². The number of methoxy groups -OCH3 is 1. The summed E-state index contributed by atoms with van der Waals surface area (Å²) < 4.78 is 21.7. The highest BCUT2D eigenvalue weighted by Gasteiger charge is 2.35. The number of rotatable bonds is 9. The highest BCUT2D eigenvalue weighted by molar-refractivity contribution is 5.01. The van der Waals surface area contributed by atoms with E-state index in [-0.39, 0.29) is 0 Å². The fourth-order valence-electron chi connectivity index (χ4n) is 1.96. The smallest absolute Gasteiger partial charge is 0.283 e. The zero-order valence-corrected chi connectivity index (χ0v) is 12.4. The Morgan fingerprint density at radius 2 is 1.68 bits per heavy atom. The summed E-state index contributed by atoms with van der Waals surface area (Å²) in [5, 5.41) is 4.02. The van der Waals surface area contributed by atoms with E-state index in [9.17, 15) is 0 Å². The first-order valence-electron chi connectivity index (χ1n) is 6.79. The van der Waals surface area contributed by atoms with Crippen molar-refractivity contribution in [2.75, 3.05) is 20.3 Å². The van der Waals surface area contributed by atoms with Crippen LogP contribution in [0, 0.1) is 0 Å². The molecule has 0 aliphatic carbocycles. The third-order valence-corrected chi connectivity index (χ3v) is 3.22. The van der Waals surface area contributed by atoms with Crippen LogP contribution in [-0.2, 0) is 19.8 Å². The van der Waals surface area contributed by atoms with Gasteiger partial charge in [-0.15, -0.1) is 0 Å². The summed E-state index contributed by atoms with van der Waals surface area (Å²) in [6.07, 6.45) is 0.930. The van der Waals surface area contributed by atoms with Crippen LogP contribution >= 0.6 is 0 Å². The molecular formula is C13H24N2O4. The Labute approximate surface area is 114 Å². The van der Waals surface area contributed by atoms with E-state index in [4.69, 9.17) is 18.7 Å². The predicted octanol–water partition coefficient (Wildman–Crippen LogP) is 2.80. The van der Waals surface area contributed by atoms with Crippen LogP contribution in [0.2, 0.25) is 0 Å². The van der Waals surface area contributed by atoms with Crippen LogP contribution in [-0.4, -0.2) is 30.5 Å². The Kier molecular flexibility index (Phi) is 6.41. The third-order valence-electron chi connectivity index (χ3n) is 3.22. The molecule has 1 heterocycles. The molecule has 0 aliphatic rings. The monoisotopic (exact) mass is 272 g/mol. The zero-order valence-electron chi connectivity index (χ0n) is 12.4. The maximum Gasteiger partial charge on any atom is 0.283 e. The van der Waals surface area contributed by atoms with Crippen molar-refractivity contribution in [3.05, 3.63) is 11.7 Å². The van der Waals surface area contributed by atoms with E-state index in [1.807, 2.05) is 27.7 Å². The van der Waals surface area contributed by atoms with Crippen LogP contribution in [0.3, 0.4) is 0 Å². The van der Waals surface area contributed by atoms with Gasteiger partial charge in [-0.3, -0.25) is 0 Å². The lowest BCUT2D eigenvalue weighted by Crippen LogP contribution is -2.28. The number of aromatic nitrogens is 2.